The van der Waals surface area contributed by atoms with Gasteiger partial charge in [0.2, 0.25) is 0 Å². The number of benzene rings is 1. The molecule has 0 unspecified atom stereocenters. The largest absolute Gasteiger partial charge is 0.333 e. The van der Waals surface area contributed by atoms with Gasteiger partial charge in [-0.2, -0.15) is 0 Å². The molecule has 1 heterocycles. The van der Waals surface area contributed by atoms with Crippen LogP contribution in [-0.4, -0.2) is 41.4 Å². The van der Waals surface area contributed by atoms with E-state index < -0.39 is 4.92 Å². The maximum absolute atomic E-state index is 12.4. The highest BCUT2D eigenvalue weighted by Crippen LogP contribution is 2.16. The predicted molar refractivity (Wildman–Crippen MR) is 71.1 cm³/mol. The van der Waals surface area contributed by atoms with Crippen LogP contribution < -0.4 is 5.32 Å². The van der Waals surface area contributed by atoms with Crippen molar-refractivity contribution in [2.24, 2.45) is 0 Å². The molecule has 102 valence electrons. The van der Waals surface area contributed by atoms with Gasteiger partial charge in [-0.3, -0.25) is 14.9 Å². The fourth-order valence-corrected chi connectivity index (χ4v) is 2.08. The van der Waals surface area contributed by atoms with Crippen molar-refractivity contribution in [3.05, 3.63) is 39.9 Å². The normalized spacial score (nSPS) is 14.8. The molecule has 0 bridgehead atoms. The third kappa shape index (κ3) is 2.90. The summed E-state index contributed by atoms with van der Waals surface area (Å²) in [5, 5.41) is 13.7. The Kier molecular flexibility index (Phi) is 4.11. The molecule has 0 atom stereocenters. The first-order chi connectivity index (χ1) is 9.13. The SMILES string of the molecule is CCCN(C(=O)c1ccc([N+](=O)[O-])cc1)C1CNC1. The zero-order valence-corrected chi connectivity index (χ0v) is 10.8. The summed E-state index contributed by atoms with van der Waals surface area (Å²) in [6.07, 6.45) is 0.898. The summed E-state index contributed by atoms with van der Waals surface area (Å²) in [7, 11) is 0. The molecule has 1 amide bonds. The molecule has 0 aliphatic carbocycles. The van der Waals surface area contributed by atoms with Gasteiger partial charge < -0.3 is 10.2 Å². The summed E-state index contributed by atoms with van der Waals surface area (Å²) < 4.78 is 0. The average molecular weight is 263 g/mol. The minimum absolute atomic E-state index is 0.00361. The highest BCUT2D eigenvalue weighted by molar-refractivity contribution is 5.94. The van der Waals surface area contributed by atoms with Gasteiger partial charge in [-0.1, -0.05) is 6.92 Å². The van der Waals surface area contributed by atoms with E-state index in [0.29, 0.717) is 12.1 Å². The fraction of sp³-hybridized carbons (Fsp3) is 0.462. The molecule has 6 nitrogen and oxygen atoms in total. The van der Waals surface area contributed by atoms with Crippen LogP contribution in [0.3, 0.4) is 0 Å². The molecule has 2 rings (SSSR count). The lowest BCUT2D eigenvalue weighted by atomic mass is 10.1. The van der Waals surface area contributed by atoms with Gasteiger partial charge >= 0.3 is 0 Å². The van der Waals surface area contributed by atoms with Crippen LogP contribution in [-0.2, 0) is 0 Å². The highest BCUT2D eigenvalue weighted by atomic mass is 16.6. The van der Waals surface area contributed by atoms with Crippen molar-refractivity contribution in [3.8, 4) is 0 Å². The van der Waals surface area contributed by atoms with Gasteiger partial charge in [-0.25, -0.2) is 0 Å². The quantitative estimate of drug-likeness (QED) is 0.644. The summed E-state index contributed by atoms with van der Waals surface area (Å²) in [4.78, 5) is 24.3. The van der Waals surface area contributed by atoms with Gasteiger partial charge in [0.1, 0.15) is 0 Å². The lowest BCUT2D eigenvalue weighted by Gasteiger charge is -2.38. The number of amides is 1. The van der Waals surface area contributed by atoms with Gasteiger partial charge in [0, 0.05) is 37.3 Å². The number of rotatable bonds is 5. The number of nitrogens with one attached hydrogen (secondary N) is 1. The Labute approximate surface area is 111 Å². The number of non-ortho nitro benzene ring substituents is 1. The van der Waals surface area contributed by atoms with E-state index in [1.807, 2.05) is 11.8 Å². The van der Waals surface area contributed by atoms with Crippen LogP contribution in [0.2, 0.25) is 0 Å². The molecule has 1 aliphatic heterocycles. The fourth-order valence-electron chi connectivity index (χ4n) is 2.08. The molecule has 1 aromatic carbocycles. The smallest absolute Gasteiger partial charge is 0.269 e. The lowest BCUT2D eigenvalue weighted by Crippen LogP contribution is -2.59. The predicted octanol–water partition coefficient (Wildman–Crippen LogP) is 1.42. The molecule has 19 heavy (non-hydrogen) atoms. The molecule has 1 saturated heterocycles. The zero-order chi connectivity index (χ0) is 13.8. The Morgan fingerprint density at radius 1 is 1.42 bits per heavy atom. The van der Waals surface area contributed by atoms with Gasteiger partial charge in [-0.05, 0) is 18.6 Å². The number of hydrogen-bond donors (Lipinski definition) is 1. The van der Waals surface area contributed by atoms with Gasteiger partial charge in [0.05, 0.1) is 11.0 Å². The summed E-state index contributed by atoms with van der Waals surface area (Å²) in [6.45, 7) is 4.38. The number of carbonyl (C=O) groups is 1. The first-order valence-electron chi connectivity index (χ1n) is 6.39. The van der Waals surface area contributed by atoms with Crippen molar-refractivity contribution in [2.75, 3.05) is 19.6 Å². The molecule has 1 aromatic rings. The summed E-state index contributed by atoms with van der Waals surface area (Å²) >= 11 is 0. The van der Waals surface area contributed by atoms with Crippen molar-refractivity contribution >= 4 is 11.6 Å². The van der Waals surface area contributed by atoms with Crippen LogP contribution in [0, 0.1) is 10.1 Å². The standard InChI is InChI=1S/C13H17N3O3/c1-2-7-15(12-8-14-9-12)13(17)10-3-5-11(6-4-10)16(18)19/h3-6,12,14H,2,7-9H2,1H3. The van der Waals surface area contributed by atoms with Crippen LogP contribution in [0.4, 0.5) is 5.69 Å². The summed E-state index contributed by atoms with van der Waals surface area (Å²) in [5.41, 5.74) is 0.509. The molecule has 1 aliphatic rings. The number of nitro benzene ring substituents is 1. The zero-order valence-electron chi connectivity index (χ0n) is 10.8. The van der Waals surface area contributed by atoms with Crippen molar-refractivity contribution < 1.29 is 9.72 Å². The van der Waals surface area contributed by atoms with Crippen LogP contribution >= 0.6 is 0 Å². The van der Waals surface area contributed by atoms with Crippen molar-refractivity contribution in [3.63, 3.8) is 0 Å². The molecule has 0 radical (unpaired) electrons. The van der Waals surface area contributed by atoms with Gasteiger partial charge in [0.25, 0.3) is 11.6 Å². The molecule has 1 N–H and O–H groups in total. The molecular formula is C13H17N3O3. The second kappa shape index (κ2) is 5.79. The van der Waals surface area contributed by atoms with Crippen LogP contribution in [0.25, 0.3) is 0 Å². The van der Waals surface area contributed by atoms with Crippen molar-refractivity contribution in [1.82, 2.24) is 10.2 Å². The molecule has 0 saturated carbocycles. The number of nitrogens with zero attached hydrogens (tertiary/aromatic N) is 2. The van der Waals surface area contributed by atoms with Crippen molar-refractivity contribution in [2.45, 2.75) is 19.4 Å². The first kappa shape index (κ1) is 13.5. The summed E-state index contributed by atoms with van der Waals surface area (Å²) in [6, 6.07) is 6.03. The highest BCUT2D eigenvalue weighted by Gasteiger charge is 2.28. The molecule has 6 heteroatoms. The topological polar surface area (TPSA) is 75.5 Å². The minimum Gasteiger partial charge on any atom is -0.333 e. The van der Waals surface area contributed by atoms with Gasteiger partial charge in [-0.15, -0.1) is 0 Å². The maximum Gasteiger partial charge on any atom is 0.269 e. The van der Waals surface area contributed by atoms with Gasteiger partial charge in [0.15, 0.2) is 0 Å². The van der Waals surface area contributed by atoms with E-state index in [2.05, 4.69) is 5.32 Å². The van der Waals surface area contributed by atoms with E-state index in [-0.39, 0.29) is 17.6 Å². The molecule has 0 spiro atoms. The third-order valence-electron chi connectivity index (χ3n) is 3.25. The average Bonchev–Trinajstić information content (AvgIpc) is 2.35. The Morgan fingerprint density at radius 2 is 2.05 bits per heavy atom. The van der Waals surface area contributed by atoms with E-state index in [1.165, 1.54) is 24.3 Å². The third-order valence-corrected chi connectivity index (χ3v) is 3.25. The second-order valence-electron chi connectivity index (χ2n) is 4.61. The van der Waals surface area contributed by atoms with Crippen LogP contribution in [0.1, 0.15) is 23.7 Å². The summed E-state index contributed by atoms with van der Waals surface area (Å²) in [5.74, 6) is -0.0525. The number of carbonyl (C=O) groups excluding carboxylic acids is 1. The Hall–Kier alpha value is -1.95. The van der Waals surface area contributed by atoms with E-state index in [0.717, 1.165) is 19.5 Å². The monoisotopic (exact) mass is 263 g/mol. The first-order valence-corrected chi connectivity index (χ1v) is 6.39. The number of hydrogen-bond acceptors (Lipinski definition) is 4. The maximum atomic E-state index is 12.4. The minimum atomic E-state index is -0.464. The number of nitro groups is 1. The Bertz CT molecular complexity index is 469. The molecular weight excluding hydrogens is 246 g/mol. The van der Waals surface area contributed by atoms with E-state index in [4.69, 9.17) is 0 Å². The van der Waals surface area contributed by atoms with E-state index in [1.54, 1.807) is 0 Å². The molecule has 1 fully saturated rings. The second-order valence-corrected chi connectivity index (χ2v) is 4.61. The van der Waals surface area contributed by atoms with Crippen LogP contribution in [0.5, 0.6) is 0 Å². The Balaban J connectivity index is 2.13. The van der Waals surface area contributed by atoms with Crippen LogP contribution in [0.15, 0.2) is 24.3 Å². The van der Waals surface area contributed by atoms with E-state index >= 15 is 0 Å². The molecule has 0 aromatic heterocycles. The Morgan fingerprint density at radius 3 is 2.47 bits per heavy atom. The van der Waals surface area contributed by atoms with E-state index in [9.17, 15) is 14.9 Å². The lowest BCUT2D eigenvalue weighted by molar-refractivity contribution is -0.384. The van der Waals surface area contributed by atoms with Crippen molar-refractivity contribution in [1.29, 1.82) is 0 Å².